The highest BCUT2D eigenvalue weighted by Gasteiger charge is 2.31. The molecule has 2 heteroatoms. The SMILES string of the molecule is CC(C)(C)C(C)(C)O[Si]. The van der Waals surface area contributed by atoms with E-state index < -0.39 is 0 Å². The fraction of sp³-hybridized carbons (Fsp3) is 1.00. The van der Waals surface area contributed by atoms with E-state index in [4.69, 9.17) is 4.43 Å². The molecule has 0 amide bonds. The van der Waals surface area contributed by atoms with Crippen LogP contribution in [0.5, 0.6) is 0 Å². The summed E-state index contributed by atoms with van der Waals surface area (Å²) in [7, 11) is 3.05. The van der Waals surface area contributed by atoms with Gasteiger partial charge in [0.05, 0.1) is 5.60 Å². The summed E-state index contributed by atoms with van der Waals surface area (Å²) in [5.74, 6) is 0. The molecule has 0 aromatic rings. The predicted molar refractivity (Wildman–Crippen MR) is 40.4 cm³/mol. The van der Waals surface area contributed by atoms with Gasteiger partial charge in [0.2, 0.25) is 10.5 Å². The van der Waals surface area contributed by atoms with Gasteiger partial charge in [0.15, 0.2) is 0 Å². The van der Waals surface area contributed by atoms with Crippen LogP contribution in [-0.4, -0.2) is 16.1 Å². The Morgan fingerprint density at radius 2 is 1.33 bits per heavy atom. The van der Waals surface area contributed by atoms with E-state index in [1.807, 2.05) is 0 Å². The highest BCUT2D eigenvalue weighted by molar-refractivity contribution is 5.98. The van der Waals surface area contributed by atoms with E-state index >= 15 is 0 Å². The molecule has 0 saturated heterocycles. The summed E-state index contributed by atoms with van der Waals surface area (Å²) in [5, 5.41) is 0. The maximum Gasteiger partial charge on any atom is 0.247 e. The second-order valence-electron chi connectivity index (χ2n) is 3.86. The fourth-order valence-electron chi connectivity index (χ4n) is 0.153. The van der Waals surface area contributed by atoms with Crippen molar-refractivity contribution in [2.24, 2.45) is 5.41 Å². The maximum absolute atomic E-state index is 5.11. The van der Waals surface area contributed by atoms with Crippen molar-refractivity contribution in [1.82, 2.24) is 0 Å². The molecule has 0 spiro atoms. The zero-order valence-corrected chi connectivity index (χ0v) is 7.91. The lowest BCUT2D eigenvalue weighted by molar-refractivity contribution is 0.00806. The summed E-state index contributed by atoms with van der Waals surface area (Å²) in [6.07, 6.45) is 0. The van der Waals surface area contributed by atoms with E-state index in [2.05, 4.69) is 45.1 Å². The summed E-state index contributed by atoms with van der Waals surface area (Å²) in [6, 6.07) is 0. The molecule has 0 fully saturated rings. The molecule has 0 aliphatic rings. The highest BCUT2D eigenvalue weighted by Crippen LogP contribution is 2.31. The van der Waals surface area contributed by atoms with E-state index in [9.17, 15) is 0 Å². The lowest BCUT2D eigenvalue weighted by Gasteiger charge is -2.37. The van der Waals surface area contributed by atoms with Crippen molar-refractivity contribution in [1.29, 1.82) is 0 Å². The van der Waals surface area contributed by atoms with Crippen LogP contribution in [0.3, 0.4) is 0 Å². The molecule has 0 aromatic heterocycles. The van der Waals surface area contributed by atoms with Crippen molar-refractivity contribution >= 4 is 10.5 Å². The Kier molecular flexibility index (Phi) is 2.47. The summed E-state index contributed by atoms with van der Waals surface area (Å²) in [5.41, 5.74) is 0.0681. The van der Waals surface area contributed by atoms with Crippen LogP contribution < -0.4 is 0 Å². The van der Waals surface area contributed by atoms with Crippen LogP contribution in [0.15, 0.2) is 0 Å². The molecule has 0 aliphatic heterocycles. The third kappa shape index (κ3) is 2.10. The Labute approximate surface area is 61.3 Å². The zero-order chi connectivity index (χ0) is 7.71. The van der Waals surface area contributed by atoms with Gasteiger partial charge in [-0.3, -0.25) is 0 Å². The normalized spacial score (nSPS) is 14.0. The first-order chi connectivity index (χ1) is 3.81. The first kappa shape index (κ1) is 9.18. The minimum absolute atomic E-state index is 0.107. The van der Waals surface area contributed by atoms with Gasteiger partial charge in [0, 0.05) is 0 Å². The summed E-state index contributed by atoms with van der Waals surface area (Å²) in [4.78, 5) is 0. The van der Waals surface area contributed by atoms with Crippen molar-refractivity contribution in [2.45, 2.75) is 40.2 Å². The summed E-state index contributed by atoms with van der Waals surface area (Å²) in [6.45, 7) is 10.5. The van der Waals surface area contributed by atoms with Gasteiger partial charge in [0.25, 0.3) is 0 Å². The highest BCUT2D eigenvalue weighted by atomic mass is 28.2. The first-order valence-corrected chi connectivity index (χ1v) is 3.57. The minimum Gasteiger partial charge on any atom is -0.413 e. The minimum atomic E-state index is -0.107. The molecule has 0 aliphatic carbocycles. The molecule has 0 heterocycles. The quantitative estimate of drug-likeness (QED) is 0.509. The fourth-order valence-corrected chi connectivity index (χ4v) is 0.459. The van der Waals surface area contributed by atoms with Gasteiger partial charge in [-0.2, -0.15) is 0 Å². The Morgan fingerprint density at radius 3 is 1.33 bits per heavy atom. The molecule has 9 heavy (non-hydrogen) atoms. The molecule has 0 rings (SSSR count). The Bertz CT molecular complexity index is 91.6. The second-order valence-corrected chi connectivity index (χ2v) is 4.07. The average Bonchev–Trinajstić information content (AvgIpc) is 1.64. The third-order valence-electron chi connectivity index (χ3n) is 2.06. The number of hydrogen-bond acceptors (Lipinski definition) is 1. The summed E-state index contributed by atoms with van der Waals surface area (Å²) >= 11 is 0. The zero-order valence-electron chi connectivity index (χ0n) is 6.91. The molecule has 53 valence electrons. The summed E-state index contributed by atoms with van der Waals surface area (Å²) < 4.78 is 5.11. The van der Waals surface area contributed by atoms with Crippen LogP contribution in [0.2, 0.25) is 0 Å². The van der Waals surface area contributed by atoms with Gasteiger partial charge in [-0.1, -0.05) is 20.8 Å². The third-order valence-corrected chi connectivity index (χ3v) is 2.57. The van der Waals surface area contributed by atoms with Crippen LogP contribution in [0.1, 0.15) is 34.6 Å². The maximum atomic E-state index is 5.11. The van der Waals surface area contributed by atoms with Gasteiger partial charge in [-0.05, 0) is 19.3 Å². The van der Waals surface area contributed by atoms with Gasteiger partial charge in [-0.25, -0.2) is 0 Å². The van der Waals surface area contributed by atoms with Crippen LogP contribution in [0.25, 0.3) is 0 Å². The van der Waals surface area contributed by atoms with Crippen LogP contribution >= 0.6 is 0 Å². The van der Waals surface area contributed by atoms with Crippen LogP contribution in [-0.2, 0) is 4.43 Å². The predicted octanol–water partition coefficient (Wildman–Crippen LogP) is 1.91. The number of rotatable bonds is 1. The van der Waals surface area contributed by atoms with E-state index in [1.165, 1.54) is 0 Å². The monoisotopic (exact) mass is 143 g/mol. The van der Waals surface area contributed by atoms with Crippen molar-refractivity contribution in [3.63, 3.8) is 0 Å². The van der Waals surface area contributed by atoms with Crippen LogP contribution in [0, 0.1) is 5.41 Å². The molecular weight excluding hydrogens is 128 g/mol. The molecule has 0 unspecified atom stereocenters. The van der Waals surface area contributed by atoms with Gasteiger partial charge in [0.1, 0.15) is 0 Å². The molecule has 1 nitrogen and oxygen atoms in total. The van der Waals surface area contributed by atoms with Gasteiger partial charge in [-0.15, -0.1) is 0 Å². The van der Waals surface area contributed by atoms with Crippen LogP contribution in [0.4, 0.5) is 0 Å². The average molecular weight is 143 g/mol. The number of hydrogen-bond donors (Lipinski definition) is 0. The van der Waals surface area contributed by atoms with E-state index in [-0.39, 0.29) is 11.0 Å². The molecule has 0 aromatic carbocycles. The first-order valence-electron chi connectivity index (χ1n) is 3.16. The molecule has 0 saturated carbocycles. The van der Waals surface area contributed by atoms with Crippen molar-refractivity contribution in [3.8, 4) is 0 Å². The van der Waals surface area contributed by atoms with E-state index in [0.717, 1.165) is 0 Å². The molecule has 3 radical (unpaired) electrons. The molecule has 0 atom stereocenters. The standard InChI is InChI=1S/C7H15OSi/c1-6(2,3)7(4,5)8-9/h1-5H3. The van der Waals surface area contributed by atoms with Gasteiger partial charge < -0.3 is 4.43 Å². The Morgan fingerprint density at radius 1 is 1.00 bits per heavy atom. The Hall–Kier alpha value is 0.177. The lowest BCUT2D eigenvalue weighted by Crippen LogP contribution is -2.38. The van der Waals surface area contributed by atoms with E-state index in [1.54, 1.807) is 0 Å². The Balaban J connectivity index is 4.14. The van der Waals surface area contributed by atoms with Gasteiger partial charge >= 0.3 is 0 Å². The lowest BCUT2D eigenvalue weighted by atomic mass is 9.79. The molecule has 0 bridgehead atoms. The smallest absolute Gasteiger partial charge is 0.247 e. The van der Waals surface area contributed by atoms with Crippen molar-refractivity contribution < 1.29 is 4.43 Å². The van der Waals surface area contributed by atoms with Crippen molar-refractivity contribution in [2.75, 3.05) is 0 Å². The second kappa shape index (κ2) is 2.43. The molecular formula is C7H15OSi. The van der Waals surface area contributed by atoms with E-state index in [0.29, 0.717) is 0 Å². The topological polar surface area (TPSA) is 9.23 Å². The molecule has 0 N–H and O–H groups in total. The van der Waals surface area contributed by atoms with Crippen molar-refractivity contribution in [3.05, 3.63) is 0 Å². The largest absolute Gasteiger partial charge is 0.413 e.